The number of aromatic nitrogens is 1. The Bertz CT molecular complexity index is 1500. The molecule has 3 aromatic rings. The van der Waals surface area contributed by atoms with Crippen molar-refractivity contribution in [2.75, 3.05) is 44.3 Å². The molecule has 0 saturated carbocycles. The molecule has 39 heavy (non-hydrogen) atoms. The van der Waals surface area contributed by atoms with Crippen LogP contribution in [0.2, 0.25) is 0 Å². The van der Waals surface area contributed by atoms with Crippen LogP contribution >= 0.6 is 0 Å². The van der Waals surface area contributed by atoms with Crippen LogP contribution < -0.4 is 15.8 Å². The van der Waals surface area contributed by atoms with Crippen LogP contribution in [0.4, 0.5) is 23.2 Å². The van der Waals surface area contributed by atoms with E-state index in [9.17, 15) is 31.9 Å². The topological polar surface area (TPSA) is 94.7 Å². The van der Waals surface area contributed by atoms with Crippen molar-refractivity contribution in [3.05, 3.63) is 74.8 Å². The number of rotatable bonds is 4. The van der Waals surface area contributed by atoms with Crippen LogP contribution in [-0.4, -0.2) is 67.1 Å². The zero-order chi connectivity index (χ0) is 27.9. The van der Waals surface area contributed by atoms with Crippen molar-refractivity contribution in [2.24, 2.45) is 0 Å². The first-order valence-corrected chi connectivity index (χ1v) is 12.5. The van der Waals surface area contributed by atoms with E-state index in [-0.39, 0.29) is 53.9 Å². The van der Waals surface area contributed by atoms with E-state index >= 15 is 0 Å². The number of alkyl halides is 3. The lowest BCUT2D eigenvalue weighted by atomic mass is 10.00. The third kappa shape index (κ3) is 5.33. The summed E-state index contributed by atoms with van der Waals surface area (Å²) in [6.45, 7) is 2.84. The van der Waals surface area contributed by atoms with Gasteiger partial charge in [-0.2, -0.15) is 13.2 Å². The Morgan fingerprint density at radius 2 is 1.82 bits per heavy atom. The predicted octanol–water partition coefficient (Wildman–Crippen LogP) is 3.48. The molecule has 2 fully saturated rings. The first-order chi connectivity index (χ1) is 18.5. The van der Waals surface area contributed by atoms with E-state index in [4.69, 9.17) is 4.74 Å². The van der Waals surface area contributed by atoms with Gasteiger partial charge in [0.2, 0.25) is 5.56 Å². The molecule has 1 aromatic heterocycles. The number of nitrogens with one attached hydrogen (secondary N) is 2. The van der Waals surface area contributed by atoms with E-state index in [1.807, 2.05) is 0 Å². The van der Waals surface area contributed by atoms with E-state index in [0.717, 1.165) is 18.2 Å². The van der Waals surface area contributed by atoms with Gasteiger partial charge in [0.15, 0.2) is 0 Å². The number of carbonyl (C=O) groups is 2. The van der Waals surface area contributed by atoms with Gasteiger partial charge in [-0.05, 0) is 37.1 Å². The molecule has 2 saturated heterocycles. The van der Waals surface area contributed by atoms with Crippen LogP contribution in [0.15, 0.2) is 41.2 Å². The van der Waals surface area contributed by atoms with Crippen molar-refractivity contribution in [2.45, 2.75) is 25.6 Å². The Labute approximate surface area is 220 Å². The predicted molar refractivity (Wildman–Crippen MR) is 136 cm³/mol. The lowest BCUT2D eigenvalue weighted by Crippen LogP contribution is -2.42. The molecule has 2 amide bonds. The van der Waals surface area contributed by atoms with Crippen LogP contribution in [0.5, 0.6) is 0 Å². The molecule has 12 heteroatoms. The molecule has 0 aliphatic carbocycles. The van der Waals surface area contributed by atoms with Gasteiger partial charge in [0.05, 0.1) is 41.1 Å². The number of para-hydroxylation sites is 1. The highest BCUT2D eigenvalue weighted by atomic mass is 19.4. The first kappa shape index (κ1) is 26.7. The largest absolute Gasteiger partial charge is 0.418 e. The number of aryl methyl sites for hydroxylation is 1. The van der Waals surface area contributed by atoms with E-state index in [2.05, 4.69) is 10.3 Å². The van der Waals surface area contributed by atoms with Gasteiger partial charge in [0.1, 0.15) is 5.82 Å². The van der Waals surface area contributed by atoms with Crippen molar-refractivity contribution < 1.29 is 31.9 Å². The zero-order valence-corrected chi connectivity index (χ0v) is 21.0. The maximum atomic E-state index is 14.2. The standard InChI is InChI=1S/C27H26F4N4O4/c1-15-11-19(26(38)34-7-9-39-10-8-34)24(20(12-15)27(29,30)31)35-6-5-16(14-35)32-25(37)18-13-22(36)33-23-17(18)3-2-4-21(23)28/h2-4,11-13,16H,5-10,14H2,1H3,(H,32,37)(H,33,36)/t16-/m1/s1. The monoisotopic (exact) mass is 546 g/mol. The fourth-order valence-electron chi connectivity index (χ4n) is 5.21. The van der Waals surface area contributed by atoms with Gasteiger partial charge in [0, 0.05) is 43.7 Å². The number of ether oxygens (including phenoxy) is 1. The summed E-state index contributed by atoms with van der Waals surface area (Å²) in [6, 6.07) is 7.03. The van der Waals surface area contributed by atoms with Gasteiger partial charge < -0.3 is 24.8 Å². The Kier molecular flexibility index (Phi) is 7.06. The van der Waals surface area contributed by atoms with E-state index in [1.54, 1.807) is 0 Å². The number of carbonyl (C=O) groups excluding carboxylic acids is 2. The molecule has 0 bridgehead atoms. The number of halogens is 4. The zero-order valence-electron chi connectivity index (χ0n) is 21.0. The summed E-state index contributed by atoms with van der Waals surface area (Å²) in [5.74, 6) is -1.84. The quantitative estimate of drug-likeness (QED) is 0.489. The third-order valence-electron chi connectivity index (χ3n) is 7.00. The SMILES string of the molecule is Cc1cc(C(=O)N2CCOCC2)c(N2CC[C@@H](NC(=O)c3cc(=O)[nH]c4c(F)cccc34)C2)c(C(F)(F)F)c1. The minimum Gasteiger partial charge on any atom is -0.378 e. The van der Waals surface area contributed by atoms with Gasteiger partial charge in [-0.3, -0.25) is 14.4 Å². The Morgan fingerprint density at radius 1 is 1.08 bits per heavy atom. The number of morpholine rings is 1. The van der Waals surface area contributed by atoms with Gasteiger partial charge in [-0.25, -0.2) is 4.39 Å². The molecule has 206 valence electrons. The van der Waals surface area contributed by atoms with Gasteiger partial charge in [-0.15, -0.1) is 0 Å². The van der Waals surface area contributed by atoms with Crippen LogP contribution in [0.1, 0.15) is 38.3 Å². The molecular weight excluding hydrogens is 520 g/mol. The van der Waals surface area contributed by atoms with Crippen molar-refractivity contribution in [1.29, 1.82) is 0 Å². The number of benzene rings is 2. The average Bonchev–Trinajstić information content (AvgIpc) is 3.35. The van der Waals surface area contributed by atoms with Crippen molar-refractivity contribution in [3.8, 4) is 0 Å². The number of anilines is 1. The number of aromatic amines is 1. The average molecular weight is 547 g/mol. The molecule has 2 N–H and O–H groups in total. The highest BCUT2D eigenvalue weighted by molar-refractivity contribution is 6.06. The molecule has 0 unspecified atom stereocenters. The normalized spacial score (nSPS) is 18.0. The minimum atomic E-state index is -4.71. The first-order valence-electron chi connectivity index (χ1n) is 12.5. The van der Waals surface area contributed by atoms with Gasteiger partial charge in [0.25, 0.3) is 11.8 Å². The molecule has 2 aliphatic rings. The van der Waals surface area contributed by atoms with E-state index in [1.165, 1.54) is 34.9 Å². The maximum absolute atomic E-state index is 14.2. The highest BCUT2D eigenvalue weighted by Gasteiger charge is 2.40. The molecule has 1 atom stereocenters. The van der Waals surface area contributed by atoms with Crippen LogP contribution in [-0.2, 0) is 10.9 Å². The fourth-order valence-corrected chi connectivity index (χ4v) is 5.21. The summed E-state index contributed by atoms with van der Waals surface area (Å²) >= 11 is 0. The Balaban J connectivity index is 1.44. The second-order valence-corrected chi connectivity index (χ2v) is 9.73. The minimum absolute atomic E-state index is 0.0107. The van der Waals surface area contributed by atoms with Crippen LogP contribution in [0.25, 0.3) is 10.9 Å². The Hall–Kier alpha value is -3.93. The van der Waals surface area contributed by atoms with Gasteiger partial charge >= 0.3 is 6.18 Å². The van der Waals surface area contributed by atoms with Crippen molar-refractivity contribution in [3.63, 3.8) is 0 Å². The molecule has 2 aromatic carbocycles. The second-order valence-electron chi connectivity index (χ2n) is 9.73. The van der Waals surface area contributed by atoms with Crippen molar-refractivity contribution >= 4 is 28.4 Å². The number of hydrogen-bond acceptors (Lipinski definition) is 5. The molecule has 2 aliphatic heterocycles. The Morgan fingerprint density at radius 3 is 2.54 bits per heavy atom. The number of nitrogens with zero attached hydrogens (tertiary/aromatic N) is 2. The lowest BCUT2D eigenvalue weighted by molar-refractivity contribution is -0.137. The number of fused-ring (bicyclic) bond motifs is 1. The summed E-state index contributed by atoms with van der Waals surface area (Å²) in [5, 5.41) is 2.97. The summed E-state index contributed by atoms with van der Waals surface area (Å²) in [7, 11) is 0. The molecule has 0 spiro atoms. The van der Waals surface area contributed by atoms with Crippen LogP contribution in [0, 0.1) is 12.7 Å². The molecule has 5 rings (SSSR count). The third-order valence-corrected chi connectivity index (χ3v) is 7.00. The van der Waals surface area contributed by atoms with E-state index < -0.39 is 41.0 Å². The summed E-state index contributed by atoms with van der Waals surface area (Å²) in [6.07, 6.45) is -4.41. The molecular formula is C27H26F4N4O4. The molecule has 0 radical (unpaired) electrons. The maximum Gasteiger partial charge on any atom is 0.418 e. The number of pyridine rings is 1. The van der Waals surface area contributed by atoms with Gasteiger partial charge in [-0.1, -0.05) is 12.1 Å². The van der Waals surface area contributed by atoms with Crippen molar-refractivity contribution in [1.82, 2.24) is 15.2 Å². The summed E-state index contributed by atoms with van der Waals surface area (Å²) in [4.78, 5) is 43.9. The summed E-state index contributed by atoms with van der Waals surface area (Å²) < 4.78 is 62.1. The fraction of sp³-hybridized carbons (Fsp3) is 0.370. The lowest BCUT2D eigenvalue weighted by Gasteiger charge is -2.31. The smallest absolute Gasteiger partial charge is 0.378 e. The van der Waals surface area contributed by atoms with Crippen LogP contribution in [0.3, 0.4) is 0 Å². The summed E-state index contributed by atoms with van der Waals surface area (Å²) in [5.41, 5.74) is -1.68. The number of hydrogen-bond donors (Lipinski definition) is 2. The highest BCUT2D eigenvalue weighted by Crippen LogP contribution is 2.41. The van der Waals surface area contributed by atoms with E-state index in [0.29, 0.717) is 25.2 Å². The number of H-pyrrole nitrogens is 1. The second kappa shape index (κ2) is 10.3. The molecule has 8 nitrogen and oxygen atoms in total. The molecule has 3 heterocycles. The number of amides is 2.